The fourth-order valence-electron chi connectivity index (χ4n) is 11.6. The Bertz CT molecular complexity index is 3820. The van der Waals surface area contributed by atoms with Gasteiger partial charge in [-0.05, 0) is 135 Å². The van der Waals surface area contributed by atoms with Gasteiger partial charge < -0.3 is 0 Å². The number of benzene rings is 10. The Kier molecular flexibility index (Phi) is 7.49. The average molecular weight is 837 g/mol. The fourth-order valence-corrected chi connectivity index (χ4v) is 14.2. The summed E-state index contributed by atoms with van der Waals surface area (Å²) < 4.78 is 2.66. The molecule has 2 unspecified atom stereocenters. The van der Waals surface area contributed by atoms with Gasteiger partial charge in [-0.1, -0.05) is 178 Å². The molecular weight excluding hydrogens is 797 g/mol. The van der Waals surface area contributed by atoms with Crippen molar-refractivity contribution in [1.82, 2.24) is 0 Å². The Labute approximate surface area is 375 Å². The molecule has 0 spiro atoms. The van der Waals surface area contributed by atoms with Crippen LogP contribution in [0.5, 0.6) is 0 Å². The van der Waals surface area contributed by atoms with Gasteiger partial charge in [-0.15, -0.1) is 23.1 Å². The van der Waals surface area contributed by atoms with Crippen molar-refractivity contribution in [3.8, 4) is 44.5 Å². The minimum atomic E-state index is -0.0696. The van der Waals surface area contributed by atoms with E-state index in [2.05, 4.69) is 208 Å². The molecule has 3 aliphatic rings. The molecule has 0 nitrogen and oxygen atoms in total. The van der Waals surface area contributed by atoms with Crippen LogP contribution in [0.1, 0.15) is 47.6 Å². The van der Waals surface area contributed by atoms with Gasteiger partial charge >= 0.3 is 0 Å². The second-order valence-corrected chi connectivity index (χ2v) is 20.6. The van der Waals surface area contributed by atoms with E-state index in [4.69, 9.17) is 0 Å². The van der Waals surface area contributed by atoms with Gasteiger partial charge in [-0.3, -0.25) is 0 Å². The molecule has 14 rings (SSSR count). The maximum absolute atomic E-state index is 2.51. The highest BCUT2D eigenvalue weighted by molar-refractivity contribution is 8.00. The quantitative estimate of drug-likeness (QED) is 0.160. The van der Waals surface area contributed by atoms with Crippen LogP contribution < -0.4 is 0 Å². The van der Waals surface area contributed by atoms with Crippen LogP contribution in [-0.4, -0.2) is 5.25 Å². The second-order valence-electron chi connectivity index (χ2n) is 18.3. The van der Waals surface area contributed by atoms with Crippen LogP contribution >= 0.6 is 23.1 Å². The number of thioether (sulfide) groups is 1. The highest BCUT2D eigenvalue weighted by Gasteiger charge is 2.37. The third-order valence-corrected chi connectivity index (χ3v) is 17.0. The summed E-state index contributed by atoms with van der Waals surface area (Å²) in [6.07, 6.45) is 4.75. The van der Waals surface area contributed by atoms with E-state index in [1.807, 2.05) is 23.1 Å². The highest BCUT2D eigenvalue weighted by Crippen LogP contribution is 2.55. The first-order chi connectivity index (χ1) is 31.0. The molecule has 2 heterocycles. The number of rotatable bonds is 3. The molecule has 2 heteroatoms. The molecule has 0 N–H and O–H groups in total. The predicted octanol–water partition coefficient (Wildman–Crippen LogP) is 17.5. The summed E-state index contributed by atoms with van der Waals surface area (Å²) >= 11 is 3.94. The lowest BCUT2D eigenvalue weighted by atomic mass is 9.80. The van der Waals surface area contributed by atoms with Crippen LogP contribution in [0.4, 0.5) is 0 Å². The third-order valence-electron chi connectivity index (χ3n) is 14.6. The first-order valence-electron chi connectivity index (χ1n) is 22.1. The summed E-state index contributed by atoms with van der Waals surface area (Å²) in [6.45, 7) is 4.76. The topological polar surface area (TPSA) is 0 Å². The maximum atomic E-state index is 2.51. The zero-order valence-corrected chi connectivity index (χ0v) is 36.6. The van der Waals surface area contributed by atoms with Gasteiger partial charge in [0.1, 0.15) is 0 Å². The summed E-state index contributed by atoms with van der Waals surface area (Å²) in [5.74, 6) is 0.375. The van der Waals surface area contributed by atoms with Crippen LogP contribution in [0.25, 0.3) is 103 Å². The largest absolute Gasteiger partial charge is 0.135 e. The van der Waals surface area contributed by atoms with E-state index in [9.17, 15) is 0 Å². The zero-order chi connectivity index (χ0) is 41.6. The molecular formula is C61H40S2. The summed E-state index contributed by atoms with van der Waals surface area (Å²) in [5.41, 5.74) is 17.3. The lowest BCUT2D eigenvalue weighted by molar-refractivity contribution is 0.660. The van der Waals surface area contributed by atoms with Crippen molar-refractivity contribution >= 4 is 81.7 Å². The lowest BCUT2D eigenvalue weighted by Gasteiger charge is -2.23. The van der Waals surface area contributed by atoms with E-state index in [-0.39, 0.29) is 5.41 Å². The molecule has 0 bridgehead atoms. The van der Waals surface area contributed by atoms with Gasteiger partial charge in [0.2, 0.25) is 0 Å². The number of hydrogen-bond donors (Lipinski definition) is 0. The molecule has 0 saturated carbocycles. The van der Waals surface area contributed by atoms with E-state index < -0.39 is 0 Å². The maximum Gasteiger partial charge on any atom is 0.0387 e. The number of thiophene rings is 1. The van der Waals surface area contributed by atoms with Crippen molar-refractivity contribution in [3.05, 3.63) is 216 Å². The van der Waals surface area contributed by atoms with Gasteiger partial charge in [0.25, 0.3) is 0 Å². The summed E-state index contributed by atoms with van der Waals surface area (Å²) in [7, 11) is 0. The van der Waals surface area contributed by atoms with Gasteiger partial charge in [0.05, 0.1) is 0 Å². The summed E-state index contributed by atoms with van der Waals surface area (Å²) in [6, 6.07) is 69.5. The SMILES string of the molecule is CC1(C)c2ccccc2-c2ccc(-c3ccc4c(-c5ccc6c(c5)sc5ccc7ccccc7c56)c5ccccc5c(-c5ccc6c(c5)SC5C=Cc7ccccc7C65)c4c3)cc21. The molecule has 0 fully saturated rings. The number of hydrogen-bond acceptors (Lipinski definition) is 2. The molecule has 63 heavy (non-hydrogen) atoms. The Morgan fingerprint density at radius 2 is 1.11 bits per heavy atom. The fraction of sp³-hybridized carbons (Fsp3) is 0.0820. The molecule has 0 amide bonds. The minimum Gasteiger partial charge on any atom is -0.135 e. The van der Waals surface area contributed by atoms with Crippen molar-refractivity contribution in [2.45, 2.75) is 35.3 Å². The summed E-state index contributed by atoms with van der Waals surface area (Å²) in [4.78, 5) is 1.39. The monoisotopic (exact) mass is 836 g/mol. The lowest BCUT2D eigenvalue weighted by Crippen LogP contribution is -2.14. The molecule has 0 radical (unpaired) electrons. The van der Waals surface area contributed by atoms with Crippen LogP contribution in [0.15, 0.2) is 193 Å². The van der Waals surface area contributed by atoms with E-state index in [1.165, 1.54) is 130 Å². The van der Waals surface area contributed by atoms with Crippen LogP contribution in [-0.2, 0) is 5.41 Å². The van der Waals surface area contributed by atoms with Gasteiger partial charge in [0.15, 0.2) is 0 Å². The van der Waals surface area contributed by atoms with Crippen molar-refractivity contribution in [2.24, 2.45) is 0 Å². The third kappa shape index (κ3) is 5.11. The minimum absolute atomic E-state index is 0.0696. The van der Waals surface area contributed by atoms with Crippen molar-refractivity contribution in [3.63, 3.8) is 0 Å². The van der Waals surface area contributed by atoms with Gasteiger partial charge in [0, 0.05) is 41.7 Å². The molecule has 0 saturated heterocycles. The van der Waals surface area contributed by atoms with Crippen LogP contribution in [0.3, 0.4) is 0 Å². The molecule has 2 atom stereocenters. The summed E-state index contributed by atoms with van der Waals surface area (Å²) in [5, 5.41) is 10.9. The average Bonchev–Trinajstić information content (AvgIpc) is 3.97. The van der Waals surface area contributed by atoms with E-state index in [0.29, 0.717) is 11.2 Å². The Morgan fingerprint density at radius 3 is 2.02 bits per heavy atom. The van der Waals surface area contributed by atoms with E-state index in [0.717, 1.165) is 0 Å². The van der Waals surface area contributed by atoms with Crippen LogP contribution in [0.2, 0.25) is 0 Å². The molecule has 1 aliphatic heterocycles. The normalized spacial score (nSPS) is 16.7. The van der Waals surface area contributed by atoms with Crippen molar-refractivity contribution in [1.29, 1.82) is 0 Å². The first kappa shape index (κ1) is 35.8. The number of fused-ring (bicyclic) bond motifs is 15. The smallest absolute Gasteiger partial charge is 0.0387 e. The molecule has 296 valence electrons. The standard InChI is InChI=1S/C61H40S2/c1-61(2)51-18-10-9-15-43(51)44-25-19-38(32-52(44)61)37-20-26-47-50(31-37)58(40-22-28-49-56(34-40)63-54-30-24-36-12-4-6-14-42(36)60(49)54)46-17-8-7-16-45(46)57(47)39-21-27-48-55(33-39)62-53-29-23-35-11-3-5-13-41(35)59(48)53/h3-34,54,60H,1-2H3. The van der Waals surface area contributed by atoms with Crippen molar-refractivity contribution in [2.75, 3.05) is 0 Å². The molecule has 10 aromatic carbocycles. The zero-order valence-electron chi connectivity index (χ0n) is 34.9. The Hall–Kier alpha value is -6.71. The first-order valence-corrected chi connectivity index (χ1v) is 23.8. The van der Waals surface area contributed by atoms with E-state index >= 15 is 0 Å². The molecule has 1 aromatic heterocycles. The van der Waals surface area contributed by atoms with Gasteiger partial charge in [-0.2, -0.15) is 0 Å². The Morgan fingerprint density at radius 1 is 0.444 bits per heavy atom. The van der Waals surface area contributed by atoms with Crippen molar-refractivity contribution < 1.29 is 0 Å². The van der Waals surface area contributed by atoms with Gasteiger partial charge in [-0.25, -0.2) is 0 Å². The predicted molar refractivity (Wildman–Crippen MR) is 273 cm³/mol. The van der Waals surface area contributed by atoms with Crippen LogP contribution in [0, 0.1) is 0 Å². The Balaban J connectivity index is 1.01. The molecule has 11 aromatic rings. The molecule has 2 aliphatic carbocycles. The second kappa shape index (κ2) is 13.2. The highest BCUT2D eigenvalue weighted by atomic mass is 32.2. The van der Waals surface area contributed by atoms with E-state index in [1.54, 1.807) is 0 Å².